The smallest absolute Gasteiger partial charge is 0.144 e. The lowest BCUT2D eigenvalue weighted by molar-refractivity contribution is 0.252. The number of rotatable bonds is 6. The molecule has 4 heteroatoms. The molecule has 0 saturated heterocycles. The van der Waals surface area contributed by atoms with Crippen molar-refractivity contribution < 1.29 is 4.74 Å². The molecule has 1 aliphatic rings. The van der Waals surface area contributed by atoms with E-state index in [1.807, 2.05) is 35.1 Å². The molecule has 22 heavy (non-hydrogen) atoms. The highest BCUT2D eigenvalue weighted by Crippen LogP contribution is 2.23. The van der Waals surface area contributed by atoms with Crippen LogP contribution in [-0.4, -0.2) is 34.4 Å². The Hall–Kier alpha value is -2.07. The maximum absolute atomic E-state index is 5.41. The molecule has 2 aromatic rings. The molecule has 1 aromatic heterocycles. The van der Waals surface area contributed by atoms with Gasteiger partial charge >= 0.3 is 0 Å². The SMILES string of the molecule is CCCC1C=CCN1Cc1cnn(-c2ccccc2OC)c1. The summed E-state index contributed by atoms with van der Waals surface area (Å²) in [6.45, 7) is 4.21. The number of ether oxygens (including phenoxy) is 1. The van der Waals surface area contributed by atoms with E-state index in [-0.39, 0.29) is 0 Å². The fourth-order valence-corrected chi connectivity index (χ4v) is 2.99. The topological polar surface area (TPSA) is 30.3 Å². The summed E-state index contributed by atoms with van der Waals surface area (Å²) in [6, 6.07) is 8.52. The van der Waals surface area contributed by atoms with Gasteiger partial charge in [0.2, 0.25) is 0 Å². The molecule has 2 heterocycles. The molecule has 0 N–H and O–H groups in total. The van der Waals surface area contributed by atoms with E-state index in [1.165, 1.54) is 18.4 Å². The van der Waals surface area contributed by atoms with Crippen LogP contribution < -0.4 is 4.74 Å². The summed E-state index contributed by atoms with van der Waals surface area (Å²) in [5.41, 5.74) is 2.21. The van der Waals surface area contributed by atoms with Crippen LogP contribution in [0.25, 0.3) is 5.69 Å². The molecule has 0 bridgehead atoms. The van der Waals surface area contributed by atoms with Crippen molar-refractivity contribution in [3.8, 4) is 11.4 Å². The summed E-state index contributed by atoms with van der Waals surface area (Å²) in [4.78, 5) is 2.49. The molecule has 1 aliphatic heterocycles. The van der Waals surface area contributed by atoms with E-state index < -0.39 is 0 Å². The minimum absolute atomic E-state index is 0.569. The van der Waals surface area contributed by atoms with Crippen molar-refractivity contribution in [2.45, 2.75) is 32.4 Å². The van der Waals surface area contributed by atoms with Gasteiger partial charge in [-0.15, -0.1) is 0 Å². The van der Waals surface area contributed by atoms with Crippen LogP contribution in [0, 0.1) is 0 Å². The van der Waals surface area contributed by atoms with E-state index in [0.717, 1.165) is 24.5 Å². The van der Waals surface area contributed by atoms with Gasteiger partial charge in [0.1, 0.15) is 11.4 Å². The van der Waals surface area contributed by atoms with Crippen molar-refractivity contribution in [2.75, 3.05) is 13.7 Å². The standard InChI is InChI=1S/C18H23N3O/c1-3-7-16-8-6-11-20(16)13-15-12-19-21(14-15)17-9-4-5-10-18(17)22-2/h4-6,8-10,12,14,16H,3,7,11,13H2,1-2H3. The molecule has 1 atom stereocenters. The van der Waals surface area contributed by atoms with Gasteiger partial charge in [0.15, 0.2) is 0 Å². The number of methoxy groups -OCH3 is 1. The van der Waals surface area contributed by atoms with E-state index in [0.29, 0.717) is 6.04 Å². The fraction of sp³-hybridized carbons (Fsp3) is 0.389. The molecule has 116 valence electrons. The van der Waals surface area contributed by atoms with Crippen molar-refractivity contribution in [3.63, 3.8) is 0 Å². The third-order valence-electron chi connectivity index (χ3n) is 4.11. The molecule has 0 fully saturated rings. The first-order valence-corrected chi connectivity index (χ1v) is 7.89. The highest BCUT2D eigenvalue weighted by Gasteiger charge is 2.19. The Morgan fingerprint density at radius 2 is 2.18 bits per heavy atom. The molecule has 0 aliphatic carbocycles. The second-order valence-electron chi connectivity index (χ2n) is 5.68. The maximum atomic E-state index is 5.41. The second kappa shape index (κ2) is 6.79. The lowest BCUT2D eigenvalue weighted by Crippen LogP contribution is -2.29. The predicted molar refractivity (Wildman–Crippen MR) is 88.4 cm³/mol. The van der Waals surface area contributed by atoms with Gasteiger partial charge in [0.25, 0.3) is 0 Å². The van der Waals surface area contributed by atoms with Crippen LogP contribution >= 0.6 is 0 Å². The average Bonchev–Trinajstić information content (AvgIpc) is 3.18. The van der Waals surface area contributed by atoms with Crippen molar-refractivity contribution in [1.29, 1.82) is 0 Å². The number of benzene rings is 1. The third kappa shape index (κ3) is 3.07. The zero-order valence-electron chi connectivity index (χ0n) is 13.3. The minimum Gasteiger partial charge on any atom is -0.494 e. The quantitative estimate of drug-likeness (QED) is 0.765. The summed E-state index contributed by atoms with van der Waals surface area (Å²) in [5.74, 6) is 0.837. The second-order valence-corrected chi connectivity index (χ2v) is 5.68. The third-order valence-corrected chi connectivity index (χ3v) is 4.11. The first-order valence-electron chi connectivity index (χ1n) is 7.89. The fourth-order valence-electron chi connectivity index (χ4n) is 2.99. The van der Waals surface area contributed by atoms with E-state index >= 15 is 0 Å². The zero-order valence-corrected chi connectivity index (χ0v) is 13.3. The van der Waals surface area contributed by atoms with Crippen LogP contribution in [-0.2, 0) is 6.54 Å². The first-order chi connectivity index (χ1) is 10.8. The van der Waals surface area contributed by atoms with Crippen LogP contribution in [0.5, 0.6) is 5.75 Å². The molecule has 0 radical (unpaired) electrons. The summed E-state index contributed by atoms with van der Waals surface area (Å²) >= 11 is 0. The van der Waals surface area contributed by atoms with Crippen LogP contribution in [0.15, 0.2) is 48.8 Å². The highest BCUT2D eigenvalue weighted by molar-refractivity contribution is 5.46. The summed E-state index contributed by atoms with van der Waals surface area (Å²) in [7, 11) is 1.69. The van der Waals surface area contributed by atoms with Gasteiger partial charge in [-0.2, -0.15) is 5.10 Å². The summed E-state index contributed by atoms with van der Waals surface area (Å²) in [6.07, 6.45) is 11.1. The maximum Gasteiger partial charge on any atom is 0.144 e. The number of aromatic nitrogens is 2. The Morgan fingerprint density at radius 3 is 3.00 bits per heavy atom. The van der Waals surface area contributed by atoms with Crippen molar-refractivity contribution in [2.24, 2.45) is 0 Å². The molecule has 1 aromatic carbocycles. The molecular weight excluding hydrogens is 274 g/mol. The van der Waals surface area contributed by atoms with Gasteiger partial charge in [0.05, 0.1) is 13.3 Å². The number of hydrogen-bond acceptors (Lipinski definition) is 3. The lowest BCUT2D eigenvalue weighted by atomic mass is 10.1. The molecule has 0 amide bonds. The monoisotopic (exact) mass is 297 g/mol. The van der Waals surface area contributed by atoms with E-state index in [1.54, 1.807) is 7.11 Å². The van der Waals surface area contributed by atoms with Crippen LogP contribution in [0.1, 0.15) is 25.3 Å². The Labute approximate surface area is 132 Å². The number of hydrogen-bond donors (Lipinski definition) is 0. The normalized spacial score (nSPS) is 18.0. The molecule has 1 unspecified atom stereocenters. The molecule has 3 rings (SSSR count). The van der Waals surface area contributed by atoms with Gasteiger partial charge in [-0.25, -0.2) is 4.68 Å². The molecule has 0 spiro atoms. The average molecular weight is 297 g/mol. The van der Waals surface area contributed by atoms with Gasteiger partial charge in [0, 0.05) is 30.9 Å². The Bertz CT molecular complexity index is 647. The Balaban J connectivity index is 1.74. The Kier molecular flexibility index (Phi) is 4.59. The van der Waals surface area contributed by atoms with Crippen LogP contribution in [0.3, 0.4) is 0 Å². The van der Waals surface area contributed by atoms with Crippen molar-refractivity contribution >= 4 is 0 Å². The van der Waals surface area contributed by atoms with Crippen LogP contribution in [0.2, 0.25) is 0 Å². The van der Waals surface area contributed by atoms with E-state index in [4.69, 9.17) is 4.74 Å². The summed E-state index contributed by atoms with van der Waals surface area (Å²) in [5, 5.41) is 4.50. The van der Waals surface area contributed by atoms with Crippen LogP contribution in [0.4, 0.5) is 0 Å². The number of para-hydroxylation sites is 2. The van der Waals surface area contributed by atoms with E-state index in [9.17, 15) is 0 Å². The zero-order chi connectivity index (χ0) is 15.4. The molecule has 0 saturated carbocycles. The molecular formula is C18H23N3O. The van der Waals surface area contributed by atoms with Gasteiger partial charge < -0.3 is 4.74 Å². The molecule has 4 nitrogen and oxygen atoms in total. The first kappa shape index (κ1) is 14.9. The van der Waals surface area contributed by atoms with Gasteiger partial charge in [-0.05, 0) is 18.6 Å². The lowest BCUT2D eigenvalue weighted by Gasteiger charge is -2.23. The van der Waals surface area contributed by atoms with Gasteiger partial charge in [-0.3, -0.25) is 4.90 Å². The van der Waals surface area contributed by atoms with E-state index in [2.05, 4.69) is 35.3 Å². The largest absolute Gasteiger partial charge is 0.494 e. The van der Waals surface area contributed by atoms with Crippen molar-refractivity contribution in [1.82, 2.24) is 14.7 Å². The van der Waals surface area contributed by atoms with Gasteiger partial charge in [-0.1, -0.05) is 37.6 Å². The van der Waals surface area contributed by atoms with Crippen molar-refractivity contribution in [3.05, 3.63) is 54.4 Å². The Morgan fingerprint density at radius 1 is 1.32 bits per heavy atom. The highest BCUT2D eigenvalue weighted by atomic mass is 16.5. The number of nitrogens with zero attached hydrogens (tertiary/aromatic N) is 3. The summed E-state index contributed by atoms with van der Waals surface area (Å²) < 4.78 is 7.31. The minimum atomic E-state index is 0.569. The predicted octanol–water partition coefficient (Wildman–Crippen LogP) is 3.42.